The molecule has 130 valence electrons. The number of rotatable bonds is 5. The van der Waals surface area contributed by atoms with Crippen molar-refractivity contribution in [2.75, 3.05) is 10.6 Å². The summed E-state index contributed by atoms with van der Waals surface area (Å²) in [5.41, 5.74) is 1.35. The molecule has 6 nitrogen and oxygen atoms in total. The average molecular weight is 338 g/mol. The zero-order valence-corrected chi connectivity index (χ0v) is 14.3. The van der Waals surface area contributed by atoms with E-state index in [1.807, 2.05) is 0 Å². The number of anilines is 2. The van der Waals surface area contributed by atoms with Gasteiger partial charge in [-0.25, -0.2) is 9.97 Å². The van der Waals surface area contributed by atoms with E-state index in [9.17, 15) is 9.59 Å². The molecule has 0 spiro atoms. The van der Waals surface area contributed by atoms with Gasteiger partial charge in [0.25, 0.3) is 5.91 Å². The second-order valence-corrected chi connectivity index (χ2v) is 6.36. The number of Topliss-reactive ketones (excluding diaryl/α,β-unsaturated/α-hetero) is 1. The predicted octanol–water partition coefficient (Wildman–Crippen LogP) is 3.68. The summed E-state index contributed by atoms with van der Waals surface area (Å²) in [6.07, 6.45) is 9.14. The Kier molecular flexibility index (Phi) is 5.38. The van der Waals surface area contributed by atoms with Crippen molar-refractivity contribution in [3.05, 3.63) is 47.9 Å². The van der Waals surface area contributed by atoms with Crippen LogP contribution in [-0.2, 0) is 0 Å². The highest BCUT2D eigenvalue weighted by Crippen LogP contribution is 2.20. The number of ketones is 1. The largest absolute Gasteiger partial charge is 0.366 e. The number of benzene rings is 1. The molecule has 25 heavy (non-hydrogen) atoms. The van der Waals surface area contributed by atoms with Crippen LogP contribution in [0.25, 0.3) is 0 Å². The van der Waals surface area contributed by atoms with Gasteiger partial charge in [0, 0.05) is 17.3 Å². The molecular formula is C19H22N4O2. The first-order valence-corrected chi connectivity index (χ1v) is 8.63. The van der Waals surface area contributed by atoms with Crippen molar-refractivity contribution in [3.63, 3.8) is 0 Å². The van der Waals surface area contributed by atoms with Gasteiger partial charge in [-0.2, -0.15) is 0 Å². The minimum Gasteiger partial charge on any atom is -0.366 e. The molecule has 0 bridgehead atoms. The zero-order valence-electron chi connectivity index (χ0n) is 14.3. The Labute approximate surface area is 147 Å². The monoisotopic (exact) mass is 338 g/mol. The van der Waals surface area contributed by atoms with Crippen LogP contribution in [0.5, 0.6) is 0 Å². The molecule has 2 N–H and O–H groups in total. The number of carbonyl (C=O) groups is 2. The summed E-state index contributed by atoms with van der Waals surface area (Å²) in [6, 6.07) is 7.26. The molecule has 0 unspecified atom stereocenters. The molecule has 1 fully saturated rings. The third kappa shape index (κ3) is 4.62. The lowest BCUT2D eigenvalue weighted by Crippen LogP contribution is -2.23. The first kappa shape index (κ1) is 17.1. The SMILES string of the molecule is CC(=O)c1cccc(NC(=O)c2cnc(NC3CCCCC3)cn2)c1. The van der Waals surface area contributed by atoms with Gasteiger partial charge < -0.3 is 10.6 Å². The van der Waals surface area contributed by atoms with Crippen molar-refractivity contribution in [1.82, 2.24) is 9.97 Å². The van der Waals surface area contributed by atoms with Crippen LogP contribution in [0.1, 0.15) is 59.9 Å². The highest BCUT2D eigenvalue weighted by Gasteiger charge is 2.14. The van der Waals surface area contributed by atoms with Gasteiger partial charge in [-0.15, -0.1) is 0 Å². The first-order chi connectivity index (χ1) is 12.1. The minimum absolute atomic E-state index is 0.0472. The third-order valence-electron chi connectivity index (χ3n) is 4.37. The second kappa shape index (κ2) is 7.88. The van der Waals surface area contributed by atoms with Gasteiger partial charge in [0.2, 0.25) is 0 Å². The fourth-order valence-corrected chi connectivity index (χ4v) is 2.99. The Morgan fingerprint density at radius 3 is 2.56 bits per heavy atom. The molecule has 1 aromatic heterocycles. The highest BCUT2D eigenvalue weighted by molar-refractivity contribution is 6.03. The van der Waals surface area contributed by atoms with Crippen molar-refractivity contribution in [3.8, 4) is 0 Å². The van der Waals surface area contributed by atoms with Gasteiger partial charge >= 0.3 is 0 Å². The van der Waals surface area contributed by atoms with Crippen LogP contribution in [0.2, 0.25) is 0 Å². The van der Waals surface area contributed by atoms with Gasteiger partial charge in [-0.1, -0.05) is 31.4 Å². The Balaban J connectivity index is 1.62. The smallest absolute Gasteiger partial charge is 0.275 e. The summed E-state index contributed by atoms with van der Waals surface area (Å²) in [6.45, 7) is 1.49. The maximum Gasteiger partial charge on any atom is 0.275 e. The summed E-state index contributed by atoms with van der Waals surface area (Å²) in [4.78, 5) is 32.2. The number of nitrogens with one attached hydrogen (secondary N) is 2. The van der Waals surface area contributed by atoms with Gasteiger partial charge in [-0.05, 0) is 31.9 Å². The molecular weight excluding hydrogens is 316 g/mol. The maximum absolute atomic E-state index is 12.3. The lowest BCUT2D eigenvalue weighted by Gasteiger charge is -2.23. The Bertz CT molecular complexity index is 752. The van der Waals surface area contributed by atoms with Gasteiger partial charge in [0.15, 0.2) is 5.78 Å². The Morgan fingerprint density at radius 1 is 1.08 bits per heavy atom. The molecule has 0 atom stereocenters. The van der Waals surface area contributed by atoms with Crippen LogP contribution < -0.4 is 10.6 Å². The van der Waals surface area contributed by atoms with Crippen molar-refractivity contribution >= 4 is 23.2 Å². The minimum atomic E-state index is -0.350. The summed E-state index contributed by atoms with van der Waals surface area (Å²) in [5, 5.41) is 6.11. The fraction of sp³-hybridized carbons (Fsp3) is 0.368. The molecule has 1 heterocycles. The second-order valence-electron chi connectivity index (χ2n) is 6.36. The molecule has 1 saturated carbocycles. The summed E-state index contributed by atoms with van der Waals surface area (Å²) < 4.78 is 0. The first-order valence-electron chi connectivity index (χ1n) is 8.63. The van der Waals surface area contributed by atoms with Crippen LogP contribution in [0, 0.1) is 0 Å². The van der Waals surface area contributed by atoms with E-state index in [2.05, 4.69) is 20.6 Å². The Hall–Kier alpha value is -2.76. The van der Waals surface area contributed by atoms with Gasteiger partial charge in [0.05, 0.1) is 12.4 Å². The van der Waals surface area contributed by atoms with Crippen molar-refractivity contribution in [2.24, 2.45) is 0 Å². The van der Waals surface area contributed by atoms with Crippen molar-refractivity contribution < 1.29 is 9.59 Å². The molecule has 1 aliphatic rings. The number of nitrogens with zero attached hydrogens (tertiary/aromatic N) is 2. The van der Waals surface area contributed by atoms with E-state index >= 15 is 0 Å². The van der Waals surface area contributed by atoms with E-state index in [1.54, 1.807) is 30.5 Å². The molecule has 0 aliphatic heterocycles. The highest BCUT2D eigenvalue weighted by atomic mass is 16.2. The number of hydrogen-bond donors (Lipinski definition) is 2. The van der Waals surface area contributed by atoms with Crippen molar-refractivity contribution in [2.45, 2.75) is 45.1 Å². The maximum atomic E-state index is 12.3. The molecule has 2 aromatic rings. The van der Waals surface area contributed by atoms with Crippen LogP contribution in [-0.4, -0.2) is 27.7 Å². The Morgan fingerprint density at radius 2 is 1.88 bits per heavy atom. The summed E-state index contributed by atoms with van der Waals surface area (Å²) in [7, 11) is 0. The lowest BCUT2D eigenvalue weighted by atomic mass is 9.96. The molecule has 3 rings (SSSR count). The van der Waals surface area contributed by atoms with E-state index < -0.39 is 0 Å². The molecule has 6 heteroatoms. The van der Waals surface area contributed by atoms with Gasteiger partial charge in [0.1, 0.15) is 11.5 Å². The molecule has 0 saturated heterocycles. The molecule has 1 aromatic carbocycles. The lowest BCUT2D eigenvalue weighted by molar-refractivity contribution is 0.100. The van der Waals surface area contributed by atoms with Crippen LogP contribution >= 0.6 is 0 Å². The average Bonchev–Trinajstić information content (AvgIpc) is 2.63. The summed E-state index contributed by atoms with van der Waals surface area (Å²) >= 11 is 0. The number of aromatic nitrogens is 2. The number of amides is 1. The molecule has 1 amide bonds. The third-order valence-corrected chi connectivity index (χ3v) is 4.37. The van der Waals surface area contributed by atoms with E-state index in [1.165, 1.54) is 32.4 Å². The van der Waals surface area contributed by atoms with E-state index in [0.29, 0.717) is 23.1 Å². The normalized spacial score (nSPS) is 14.8. The number of carbonyl (C=O) groups excluding carboxylic acids is 2. The fourth-order valence-electron chi connectivity index (χ4n) is 2.99. The standard InChI is InChI=1S/C19H22N4O2/c1-13(24)14-6-5-9-16(10-14)23-19(25)17-11-21-18(12-20-17)22-15-7-3-2-4-8-15/h5-6,9-12,15H,2-4,7-8H2,1H3,(H,21,22)(H,23,25). The van der Waals surface area contributed by atoms with E-state index in [-0.39, 0.29) is 17.4 Å². The van der Waals surface area contributed by atoms with E-state index in [4.69, 9.17) is 0 Å². The van der Waals surface area contributed by atoms with E-state index in [0.717, 1.165) is 12.8 Å². The molecule has 0 radical (unpaired) electrons. The predicted molar refractivity (Wildman–Crippen MR) is 96.9 cm³/mol. The van der Waals surface area contributed by atoms with Crippen LogP contribution in [0.3, 0.4) is 0 Å². The van der Waals surface area contributed by atoms with Crippen LogP contribution in [0.15, 0.2) is 36.7 Å². The van der Waals surface area contributed by atoms with Gasteiger partial charge in [-0.3, -0.25) is 9.59 Å². The molecule has 1 aliphatic carbocycles. The summed E-state index contributed by atoms with van der Waals surface area (Å²) in [5.74, 6) is 0.300. The number of hydrogen-bond acceptors (Lipinski definition) is 5. The topological polar surface area (TPSA) is 84.0 Å². The quantitative estimate of drug-likeness (QED) is 0.813. The van der Waals surface area contributed by atoms with Crippen molar-refractivity contribution in [1.29, 1.82) is 0 Å². The zero-order chi connectivity index (χ0) is 17.6. The van der Waals surface area contributed by atoms with Crippen LogP contribution in [0.4, 0.5) is 11.5 Å².